The number of H-pyrrole nitrogens is 1. The van der Waals surface area contributed by atoms with Gasteiger partial charge < -0.3 is 14.5 Å². The van der Waals surface area contributed by atoms with Gasteiger partial charge in [-0.1, -0.05) is 19.1 Å². The van der Waals surface area contributed by atoms with Crippen LogP contribution in [-0.2, 0) is 6.42 Å². The normalized spacial score (nSPS) is 10.5. The van der Waals surface area contributed by atoms with Crippen molar-refractivity contribution >= 4 is 12.2 Å². The Morgan fingerprint density at radius 3 is 2.62 bits per heavy atom. The van der Waals surface area contributed by atoms with Gasteiger partial charge in [0.15, 0.2) is 0 Å². The third kappa shape index (κ3) is 3.24. The molecule has 0 saturated heterocycles. The first-order chi connectivity index (χ1) is 10.1. The predicted octanol–water partition coefficient (Wildman–Crippen LogP) is 4.08. The number of methoxy groups -OCH3 is 2. The van der Waals surface area contributed by atoms with Gasteiger partial charge in [0.05, 0.1) is 19.9 Å². The van der Waals surface area contributed by atoms with Crippen LogP contribution in [0.4, 0.5) is 0 Å². The molecule has 0 amide bonds. The van der Waals surface area contributed by atoms with Gasteiger partial charge in [-0.2, -0.15) is 0 Å². The second kappa shape index (κ2) is 6.72. The Kier molecular flexibility index (Phi) is 4.96. The van der Waals surface area contributed by atoms with Crippen molar-refractivity contribution < 1.29 is 9.47 Å². The molecule has 0 aliphatic carbocycles. The molecule has 0 aliphatic heterocycles. The molecule has 0 fully saturated rings. The summed E-state index contributed by atoms with van der Waals surface area (Å²) in [6.45, 7) is 4.09. The van der Waals surface area contributed by atoms with Gasteiger partial charge in [0.25, 0.3) is 0 Å². The number of nitrogens with zero attached hydrogens (tertiary/aromatic N) is 1. The minimum absolute atomic E-state index is 0.630. The number of aromatic nitrogens is 2. The molecule has 4 nitrogen and oxygen atoms in total. The smallest absolute Gasteiger partial charge is 0.133 e. The third-order valence-electron chi connectivity index (χ3n) is 3.37. The first kappa shape index (κ1) is 15.5. The van der Waals surface area contributed by atoms with E-state index in [1.807, 2.05) is 25.1 Å². The molecule has 1 N–H and O–H groups in total. The Hall–Kier alpha value is -1.88. The maximum Gasteiger partial charge on any atom is 0.133 e. The Balaban J connectivity index is 2.63. The number of aryl methyl sites for hydroxylation is 1. The van der Waals surface area contributed by atoms with Crippen molar-refractivity contribution in [3.05, 3.63) is 34.2 Å². The molecule has 5 heteroatoms. The van der Waals surface area contributed by atoms with Crippen molar-refractivity contribution in [2.75, 3.05) is 14.2 Å². The van der Waals surface area contributed by atoms with Gasteiger partial charge in [0.2, 0.25) is 0 Å². The maximum atomic E-state index is 5.48. The molecule has 112 valence electrons. The lowest BCUT2D eigenvalue weighted by atomic mass is 10.1. The quantitative estimate of drug-likeness (QED) is 0.845. The number of ether oxygens (including phenoxy) is 2. The van der Waals surface area contributed by atoms with Gasteiger partial charge in [-0.3, -0.25) is 0 Å². The molecule has 0 bridgehead atoms. The van der Waals surface area contributed by atoms with Gasteiger partial charge in [-0.05, 0) is 25.5 Å². The van der Waals surface area contributed by atoms with Crippen molar-refractivity contribution in [3.63, 3.8) is 0 Å². The average Bonchev–Trinajstić information content (AvgIpc) is 2.50. The van der Waals surface area contributed by atoms with Crippen LogP contribution in [-0.4, -0.2) is 24.2 Å². The first-order valence-electron chi connectivity index (χ1n) is 6.92. The monoisotopic (exact) mass is 304 g/mol. The van der Waals surface area contributed by atoms with Crippen LogP contribution in [0.5, 0.6) is 11.5 Å². The number of benzene rings is 1. The summed E-state index contributed by atoms with van der Waals surface area (Å²) in [5.41, 5.74) is 2.87. The minimum atomic E-state index is 0.630. The highest BCUT2D eigenvalue weighted by atomic mass is 32.1. The van der Waals surface area contributed by atoms with E-state index < -0.39 is 0 Å². The summed E-state index contributed by atoms with van der Waals surface area (Å²) in [6, 6.07) is 5.75. The van der Waals surface area contributed by atoms with Crippen LogP contribution in [0.25, 0.3) is 11.3 Å². The van der Waals surface area contributed by atoms with Crippen LogP contribution in [0.2, 0.25) is 0 Å². The molecule has 2 aromatic rings. The Labute approximate surface area is 130 Å². The Bertz CT molecular complexity index is 695. The molecule has 1 aromatic heterocycles. The van der Waals surface area contributed by atoms with Crippen LogP contribution in [0.1, 0.15) is 24.7 Å². The van der Waals surface area contributed by atoms with Gasteiger partial charge in [0.1, 0.15) is 22.0 Å². The fourth-order valence-corrected chi connectivity index (χ4v) is 2.42. The summed E-state index contributed by atoms with van der Waals surface area (Å²) in [4.78, 5) is 7.82. The molecule has 0 atom stereocenters. The number of hydrogen-bond donors (Lipinski definition) is 1. The van der Waals surface area contributed by atoms with Gasteiger partial charge in [-0.15, -0.1) is 0 Å². The van der Waals surface area contributed by atoms with Crippen LogP contribution >= 0.6 is 12.2 Å². The highest BCUT2D eigenvalue weighted by Gasteiger charge is 2.13. The first-order valence-corrected chi connectivity index (χ1v) is 7.33. The highest BCUT2D eigenvalue weighted by molar-refractivity contribution is 7.71. The highest BCUT2D eigenvalue weighted by Crippen LogP contribution is 2.34. The molecule has 0 unspecified atom stereocenters. The van der Waals surface area contributed by atoms with E-state index in [0.29, 0.717) is 4.64 Å². The van der Waals surface area contributed by atoms with E-state index >= 15 is 0 Å². The molecule has 0 saturated carbocycles. The fraction of sp³-hybridized carbons (Fsp3) is 0.375. The van der Waals surface area contributed by atoms with E-state index in [1.54, 1.807) is 14.2 Å². The summed E-state index contributed by atoms with van der Waals surface area (Å²) in [7, 11) is 3.29. The topological polar surface area (TPSA) is 47.1 Å². The van der Waals surface area contributed by atoms with E-state index in [1.165, 1.54) is 0 Å². The molecular weight excluding hydrogens is 284 g/mol. The van der Waals surface area contributed by atoms with Crippen molar-refractivity contribution in [2.45, 2.75) is 26.7 Å². The zero-order valence-corrected chi connectivity index (χ0v) is 13.6. The summed E-state index contributed by atoms with van der Waals surface area (Å²) in [5, 5.41) is 0. The van der Waals surface area contributed by atoms with Crippen LogP contribution < -0.4 is 9.47 Å². The fourth-order valence-electron chi connectivity index (χ4n) is 2.21. The van der Waals surface area contributed by atoms with E-state index in [0.717, 1.165) is 47.0 Å². The Morgan fingerprint density at radius 2 is 2.00 bits per heavy atom. The number of nitrogens with one attached hydrogen (secondary N) is 1. The summed E-state index contributed by atoms with van der Waals surface area (Å²) >= 11 is 5.37. The lowest BCUT2D eigenvalue weighted by Gasteiger charge is -2.14. The second-order valence-electron chi connectivity index (χ2n) is 4.80. The van der Waals surface area contributed by atoms with Crippen molar-refractivity contribution in [1.29, 1.82) is 0 Å². The minimum Gasteiger partial charge on any atom is -0.497 e. The van der Waals surface area contributed by atoms with Gasteiger partial charge >= 0.3 is 0 Å². The molecule has 1 aromatic carbocycles. The SMILES string of the molecule is CCCc1nc(=S)c(C)c(-c2ccc(OC)cc2OC)[nH]1. The molecule has 0 radical (unpaired) electrons. The van der Waals surface area contributed by atoms with Crippen LogP contribution in [0.3, 0.4) is 0 Å². The zero-order valence-electron chi connectivity index (χ0n) is 12.8. The lowest BCUT2D eigenvalue weighted by molar-refractivity contribution is 0.395. The van der Waals surface area contributed by atoms with Crippen molar-refractivity contribution in [3.8, 4) is 22.8 Å². The summed E-state index contributed by atoms with van der Waals surface area (Å²) in [6.07, 6.45) is 1.88. The molecule has 2 rings (SSSR count). The van der Waals surface area contributed by atoms with Crippen LogP contribution in [0.15, 0.2) is 18.2 Å². The van der Waals surface area contributed by atoms with Crippen LogP contribution in [0, 0.1) is 11.6 Å². The summed E-state index contributed by atoms with van der Waals surface area (Å²) in [5.74, 6) is 2.41. The van der Waals surface area contributed by atoms with Crippen molar-refractivity contribution in [1.82, 2.24) is 9.97 Å². The maximum absolute atomic E-state index is 5.48. The summed E-state index contributed by atoms with van der Waals surface area (Å²) < 4.78 is 11.4. The van der Waals surface area contributed by atoms with E-state index in [9.17, 15) is 0 Å². The zero-order chi connectivity index (χ0) is 15.4. The Morgan fingerprint density at radius 1 is 1.24 bits per heavy atom. The third-order valence-corrected chi connectivity index (χ3v) is 3.76. The van der Waals surface area contributed by atoms with Gasteiger partial charge in [0, 0.05) is 23.6 Å². The molecule has 0 aliphatic rings. The number of rotatable bonds is 5. The lowest BCUT2D eigenvalue weighted by Crippen LogP contribution is -2.01. The van der Waals surface area contributed by atoms with Crippen molar-refractivity contribution in [2.24, 2.45) is 0 Å². The van der Waals surface area contributed by atoms with E-state index in [4.69, 9.17) is 21.7 Å². The largest absolute Gasteiger partial charge is 0.497 e. The van der Waals surface area contributed by atoms with Gasteiger partial charge in [-0.25, -0.2) is 4.98 Å². The number of hydrogen-bond acceptors (Lipinski definition) is 4. The number of aromatic amines is 1. The predicted molar refractivity (Wildman–Crippen MR) is 86.7 cm³/mol. The van der Waals surface area contributed by atoms with E-state index in [2.05, 4.69) is 16.9 Å². The second-order valence-corrected chi connectivity index (χ2v) is 5.19. The standard InChI is InChI=1S/C16H20N2O2S/c1-5-6-14-17-15(10(2)16(21)18-14)12-8-7-11(19-3)9-13(12)20-4/h7-9H,5-6H2,1-4H3,(H,17,18,21). The molecule has 1 heterocycles. The van der Waals surface area contributed by atoms with E-state index in [-0.39, 0.29) is 0 Å². The molecular formula is C16H20N2O2S. The average molecular weight is 304 g/mol. The molecule has 21 heavy (non-hydrogen) atoms. The molecule has 0 spiro atoms.